The molecule has 3 aromatic rings. The van der Waals surface area contributed by atoms with Gasteiger partial charge in [0.2, 0.25) is 0 Å². The van der Waals surface area contributed by atoms with Gasteiger partial charge in [0.1, 0.15) is 12.4 Å². The van der Waals surface area contributed by atoms with Crippen molar-refractivity contribution in [2.24, 2.45) is 0 Å². The van der Waals surface area contributed by atoms with Crippen molar-refractivity contribution in [3.63, 3.8) is 0 Å². The third-order valence-corrected chi connectivity index (χ3v) is 3.96. The maximum atomic E-state index is 9.39. The molecule has 2 heteroatoms. The fourth-order valence-electron chi connectivity index (χ4n) is 2.51. The third kappa shape index (κ3) is 3.79. The van der Waals surface area contributed by atoms with Crippen molar-refractivity contribution in [2.75, 3.05) is 0 Å². The van der Waals surface area contributed by atoms with Gasteiger partial charge in [-0.25, -0.2) is 0 Å². The average Bonchev–Trinajstić information content (AvgIpc) is 2.62. The third-order valence-electron chi connectivity index (χ3n) is 3.96. The summed E-state index contributed by atoms with van der Waals surface area (Å²) in [6.07, 6.45) is 0. The molecule has 0 saturated carbocycles. The van der Waals surface area contributed by atoms with E-state index in [0.717, 1.165) is 33.6 Å². The van der Waals surface area contributed by atoms with Crippen molar-refractivity contribution in [3.05, 3.63) is 89.5 Å². The van der Waals surface area contributed by atoms with Crippen molar-refractivity contribution in [1.82, 2.24) is 0 Å². The molecule has 0 saturated heterocycles. The summed E-state index contributed by atoms with van der Waals surface area (Å²) in [6, 6.07) is 24.3. The number of hydrogen-bond acceptors (Lipinski definition) is 2. The van der Waals surface area contributed by atoms with Gasteiger partial charge in [0.05, 0.1) is 6.61 Å². The van der Waals surface area contributed by atoms with Crippen LogP contribution < -0.4 is 4.74 Å². The molecule has 0 heterocycles. The molecule has 0 spiro atoms. The summed E-state index contributed by atoms with van der Waals surface area (Å²) in [4.78, 5) is 0. The van der Waals surface area contributed by atoms with Gasteiger partial charge in [-0.2, -0.15) is 0 Å². The zero-order valence-corrected chi connectivity index (χ0v) is 13.2. The van der Waals surface area contributed by atoms with E-state index in [9.17, 15) is 5.11 Å². The summed E-state index contributed by atoms with van der Waals surface area (Å²) in [5.74, 6) is 0.854. The molecule has 3 rings (SSSR count). The van der Waals surface area contributed by atoms with E-state index in [1.165, 1.54) is 0 Å². The monoisotopic (exact) mass is 304 g/mol. The number of benzene rings is 3. The van der Waals surface area contributed by atoms with E-state index in [-0.39, 0.29) is 6.61 Å². The molecule has 0 aliphatic carbocycles. The molecule has 0 amide bonds. The van der Waals surface area contributed by atoms with Crippen molar-refractivity contribution in [2.45, 2.75) is 20.1 Å². The Morgan fingerprint density at radius 2 is 1.52 bits per heavy atom. The van der Waals surface area contributed by atoms with E-state index in [0.29, 0.717) is 6.61 Å². The van der Waals surface area contributed by atoms with Crippen LogP contribution in [0.5, 0.6) is 5.75 Å². The second-order valence-corrected chi connectivity index (χ2v) is 5.60. The first kappa shape index (κ1) is 15.3. The van der Waals surface area contributed by atoms with Gasteiger partial charge >= 0.3 is 0 Å². The van der Waals surface area contributed by atoms with Crippen molar-refractivity contribution in [1.29, 1.82) is 0 Å². The predicted octanol–water partition coefficient (Wildman–Crippen LogP) is 4.73. The van der Waals surface area contributed by atoms with Gasteiger partial charge in [-0.3, -0.25) is 0 Å². The minimum atomic E-state index is 0.0674. The Balaban J connectivity index is 1.72. The normalized spacial score (nSPS) is 10.5. The zero-order chi connectivity index (χ0) is 16.1. The highest BCUT2D eigenvalue weighted by Crippen LogP contribution is 2.25. The van der Waals surface area contributed by atoms with E-state index < -0.39 is 0 Å². The van der Waals surface area contributed by atoms with Crippen LogP contribution in [0.2, 0.25) is 0 Å². The SMILES string of the molecule is Cc1ccc(-c2ccc(OCc3ccccc3)cc2)cc1CO. The first-order valence-corrected chi connectivity index (χ1v) is 7.74. The predicted molar refractivity (Wildman–Crippen MR) is 93.3 cm³/mol. The Hall–Kier alpha value is -2.58. The van der Waals surface area contributed by atoms with Crippen LogP contribution >= 0.6 is 0 Å². The van der Waals surface area contributed by atoms with Crippen LogP contribution in [0.3, 0.4) is 0 Å². The molecule has 0 aliphatic heterocycles. The molecule has 0 aliphatic rings. The lowest BCUT2D eigenvalue weighted by Gasteiger charge is -2.09. The molecule has 2 nitrogen and oxygen atoms in total. The van der Waals surface area contributed by atoms with Crippen molar-refractivity contribution in [3.8, 4) is 16.9 Å². The van der Waals surface area contributed by atoms with Gasteiger partial charge in [0, 0.05) is 0 Å². The van der Waals surface area contributed by atoms with Crippen molar-refractivity contribution < 1.29 is 9.84 Å². The Morgan fingerprint density at radius 1 is 0.826 bits per heavy atom. The van der Waals surface area contributed by atoms with Crippen molar-refractivity contribution >= 4 is 0 Å². The van der Waals surface area contributed by atoms with Crippen LogP contribution in [0.15, 0.2) is 72.8 Å². The number of aliphatic hydroxyl groups excluding tert-OH is 1. The Morgan fingerprint density at radius 3 is 2.22 bits per heavy atom. The molecule has 0 fully saturated rings. The second-order valence-electron chi connectivity index (χ2n) is 5.60. The average molecular weight is 304 g/mol. The topological polar surface area (TPSA) is 29.5 Å². The molecule has 3 aromatic carbocycles. The van der Waals surface area contributed by atoms with Crippen LogP contribution in [0.1, 0.15) is 16.7 Å². The summed E-state index contributed by atoms with van der Waals surface area (Å²) in [5.41, 5.74) is 5.45. The highest BCUT2D eigenvalue weighted by Gasteiger charge is 2.03. The van der Waals surface area contributed by atoms with Crippen LogP contribution in [-0.4, -0.2) is 5.11 Å². The van der Waals surface area contributed by atoms with E-state index in [2.05, 4.69) is 18.2 Å². The minimum absolute atomic E-state index is 0.0674. The van der Waals surface area contributed by atoms with Gasteiger partial charge in [-0.15, -0.1) is 0 Å². The summed E-state index contributed by atoms with van der Waals surface area (Å²) >= 11 is 0. The molecule has 0 bridgehead atoms. The molecule has 116 valence electrons. The number of rotatable bonds is 5. The Kier molecular flexibility index (Phi) is 4.74. The second kappa shape index (κ2) is 7.12. The van der Waals surface area contributed by atoms with Gasteiger partial charge < -0.3 is 9.84 Å². The van der Waals surface area contributed by atoms with Crippen LogP contribution in [0, 0.1) is 6.92 Å². The summed E-state index contributed by atoms with van der Waals surface area (Å²) < 4.78 is 5.81. The Bertz CT molecular complexity index is 762. The highest BCUT2D eigenvalue weighted by atomic mass is 16.5. The number of ether oxygens (including phenoxy) is 1. The lowest BCUT2D eigenvalue weighted by atomic mass is 10.00. The van der Waals surface area contributed by atoms with Gasteiger partial charge in [0.15, 0.2) is 0 Å². The lowest BCUT2D eigenvalue weighted by Crippen LogP contribution is -1.94. The molecule has 23 heavy (non-hydrogen) atoms. The highest BCUT2D eigenvalue weighted by molar-refractivity contribution is 5.65. The van der Waals surface area contributed by atoms with E-state index >= 15 is 0 Å². The summed E-state index contributed by atoms with van der Waals surface area (Å²) in [6.45, 7) is 2.65. The maximum Gasteiger partial charge on any atom is 0.119 e. The van der Waals surface area contributed by atoms with Gasteiger partial charge in [-0.05, 0) is 52.9 Å². The largest absolute Gasteiger partial charge is 0.489 e. The number of aryl methyl sites for hydroxylation is 1. The lowest BCUT2D eigenvalue weighted by molar-refractivity contribution is 0.281. The van der Waals surface area contributed by atoms with E-state index in [1.807, 2.05) is 61.5 Å². The smallest absolute Gasteiger partial charge is 0.119 e. The zero-order valence-electron chi connectivity index (χ0n) is 13.2. The van der Waals surface area contributed by atoms with Gasteiger partial charge in [0.25, 0.3) is 0 Å². The van der Waals surface area contributed by atoms with Crippen LogP contribution in [0.25, 0.3) is 11.1 Å². The molecule has 1 N–H and O–H groups in total. The van der Waals surface area contributed by atoms with Crippen LogP contribution in [0.4, 0.5) is 0 Å². The molecule has 0 aromatic heterocycles. The first-order chi connectivity index (χ1) is 11.3. The maximum absolute atomic E-state index is 9.39. The molecule has 0 radical (unpaired) electrons. The van der Waals surface area contributed by atoms with Gasteiger partial charge in [-0.1, -0.05) is 54.6 Å². The molecular weight excluding hydrogens is 284 g/mol. The number of hydrogen-bond donors (Lipinski definition) is 1. The summed E-state index contributed by atoms with van der Waals surface area (Å²) in [7, 11) is 0. The Labute approximate surface area is 137 Å². The first-order valence-electron chi connectivity index (χ1n) is 7.74. The summed E-state index contributed by atoms with van der Waals surface area (Å²) in [5, 5.41) is 9.39. The fourth-order valence-corrected chi connectivity index (χ4v) is 2.51. The molecule has 0 atom stereocenters. The minimum Gasteiger partial charge on any atom is -0.489 e. The van der Waals surface area contributed by atoms with Crippen LogP contribution in [-0.2, 0) is 13.2 Å². The number of aliphatic hydroxyl groups is 1. The van der Waals surface area contributed by atoms with E-state index in [1.54, 1.807) is 0 Å². The molecule has 0 unspecified atom stereocenters. The van der Waals surface area contributed by atoms with E-state index in [4.69, 9.17) is 4.74 Å². The fraction of sp³-hybridized carbons (Fsp3) is 0.143. The molecular formula is C21H20O2. The standard InChI is InChI=1S/C21H20O2/c1-16-7-8-19(13-20(16)14-22)18-9-11-21(12-10-18)23-15-17-5-3-2-4-6-17/h2-13,22H,14-15H2,1H3. The quantitative estimate of drug-likeness (QED) is 0.738.